The average Bonchev–Trinajstić information content (AvgIpc) is 3.16. The van der Waals surface area contributed by atoms with Gasteiger partial charge in [-0.25, -0.2) is 4.98 Å². The van der Waals surface area contributed by atoms with Gasteiger partial charge in [0.15, 0.2) is 0 Å². The van der Waals surface area contributed by atoms with Crippen LogP contribution in [0.4, 0.5) is 0 Å². The van der Waals surface area contributed by atoms with Crippen molar-refractivity contribution < 1.29 is 9.53 Å². The van der Waals surface area contributed by atoms with Gasteiger partial charge in [0.25, 0.3) is 5.91 Å². The van der Waals surface area contributed by atoms with Crippen molar-refractivity contribution in [3.05, 3.63) is 93.7 Å². The predicted octanol–water partition coefficient (Wildman–Crippen LogP) is 5.86. The molecule has 0 unspecified atom stereocenters. The lowest BCUT2D eigenvalue weighted by atomic mass is 10.1. The number of nitrogens with zero attached hydrogens (tertiary/aromatic N) is 2. The lowest BCUT2D eigenvalue weighted by Crippen LogP contribution is -2.25. The van der Waals surface area contributed by atoms with Gasteiger partial charge in [-0.15, -0.1) is 0 Å². The molecule has 4 rings (SSSR count). The molecule has 0 saturated carbocycles. The van der Waals surface area contributed by atoms with Crippen LogP contribution in [-0.2, 0) is 13.0 Å². The van der Waals surface area contributed by atoms with Crippen molar-refractivity contribution in [1.29, 1.82) is 0 Å². The number of amides is 1. The summed E-state index contributed by atoms with van der Waals surface area (Å²) in [5.74, 6) is 1.91. The first-order valence-electron chi connectivity index (χ1n) is 11.2. The summed E-state index contributed by atoms with van der Waals surface area (Å²) in [4.78, 5) is 17.2. The van der Waals surface area contributed by atoms with E-state index < -0.39 is 0 Å². The minimum Gasteiger partial charge on any atom is -0.491 e. The maximum absolute atomic E-state index is 12.3. The molecule has 0 spiro atoms. The number of hydrogen-bond donors (Lipinski definition) is 1. The molecule has 6 heteroatoms. The number of carbonyl (C=O) groups excluding carboxylic acids is 1. The summed E-state index contributed by atoms with van der Waals surface area (Å²) in [5, 5.41) is 3.00. The van der Waals surface area contributed by atoms with Crippen molar-refractivity contribution in [2.75, 3.05) is 13.2 Å². The van der Waals surface area contributed by atoms with Gasteiger partial charge in [0.1, 0.15) is 18.2 Å². The Balaban J connectivity index is 1.38. The molecule has 0 radical (unpaired) electrons. The number of aromatic nitrogens is 2. The molecule has 1 heterocycles. The van der Waals surface area contributed by atoms with Gasteiger partial charge < -0.3 is 14.6 Å². The highest BCUT2D eigenvalue weighted by Crippen LogP contribution is 2.23. The molecule has 1 N–H and O–H groups in total. The second-order valence-corrected chi connectivity index (χ2v) is 9.02. The maximum Gasteiger partial charge on any atom is 0.251 e. The molecule has 0 fully saturated rings. The van der Waals surface area contributed by atoms with Crippen molar-refractivity contribution in [2.45, 2.75) is 33.2 Å². The zero-order chi connectivity index (χ0) is 23.2. The van der Waals surface area contributed by atoms with E-state index in [1.165, 1.54) is 0 Å². The van der Waals surface area contributed by atoms with E-state index in [0.717, 1.165) is 57.6 Å². The summed E-state index contributed by atoms with van der Waals surface area (Å²) >= 11 is 3.39. The summed E-state index contributed by atoms with van der Waals surface area (Å²) in [6, 6.07) is 21.8. The number of rotatable bonds is 9. The predicted molar refractivity (Wildman–Crippen MR) is 136 cm³/mol. The van der Waals surface area contributed by atoms with Crippen molar-refractivity contribution >= 4 is 32.9 Å². The minimum atomic E-state index is -0.0574. The van der Waals surface area contributed by atoms with E-state index in [0.29, 0.717) is 18.7 Å². The van der Waals surface area contributed by atoms with Gasteiger partial charge >= 0.3 is 0 Å². The number of benzene rings is 3. The number of nitrogens with one attached hydrogen (secondary N) is 1. The van der Waals surface area contributed by atoms with Crippen LogP contribution in [0.25, 0.3) is 11.0 Å². The zero-order valence-corrected chi connectivity index (χ0v) is 20.6. The number of hydrogen-bond acceptors (Lipinski definition) is 3. The molecule has 0 saturated heterocycles. The second kappa shape index (κ2) is 10.7. The number of carbonyl (C=O) groups is 1. The van der Waals surface area contributed by atoms with Gasteiger partial charge in [-0.1, -0.05) is 46.3 Å². The largest absolute Gasteiger partial charge is 0.491 e. The number of aryl methyl sites for hydroxylation is 3. The number of halogens is 1. The Hall–Kier alpha value is -3.12. The summed E-state index contributed by atoms with van der Waals surface area (Å²) in [7, 11) is 0. The van der Waals surface area contributed by atoms with E-state index in [2.05, 4.69) is 63.9 Å². The summed E-state index contributed by atoms with van der Waals surface area (Å²) in [5.41, 5.74) is 5.04. The third-order valence-corrected chi connectivity index (χ3v) is 6.20. The van der Waals surface area contributed by atoms with E-state index >= 15 is 0 Å². The number of fused-ring (bicyclic) bond motifs is 1. The fourth-order valence-electron chi connectivity index (χ4n) is 3.98. The summed E-state index contributed by atoms with van der Waals surface area (Å²) in [6.07, 6.45) is 1.59. The van der Waals surface area contributed by atoms with E-state index in [-0.39, 0.29) is 5.91 Å². The van der Waals surface area contributed by atoms with Crippen LogP contribution in [-0.4, -0.2) is 28.6 Å². The van der Waals surface area contributed by atoms with Crippen LogP contribution < -0.4 is 10.1 Å². The number of imidazole rings is 1. The van der Waals surface area contributed by atoms with Crippen LogP contribution >= 0.6 is 15.9 Å². The number of ether oxygens (including phenoxy) is 1. The Morgan fingerprint density at radius 2 is 1.73 bits per heavy atom. The molecule has 1 amide bonds. The van der Waals surface area contributed by atoms with Crippen LogP contribution in [0.1, 0.15) is 33.7 Å². The van der Waals surface area contributed by atoms with Gasteiger partial charge in [0.05, 0.1) is 17.6 Å². The molecule has 0 aliphatic carbocycles. The topological polar surface area (TPSA) is 56.1 Å². The third-order valence-electron chi connectivity index (χ3n) is 5.67. The molecule has 33 heavy (non-hydrogen) atoms. The Kier molecular flexibility index (Phi) is 7.45. The van der Waals surface area contributed by atoms with Crippen LogP contribution in [0.15, 0.2) is 71.2 Å². The molecular formula is C27H28BrN3O2. The molecule has 0 aliphatic heterocycles. The lowest BCUT2D eigenvalue weighted by molar-refractivity contribution is 0.0953. The van der Waals surface area contributed by atoms with Gasteiger partial charge in [0, 0.05) is 23.0 Å². The monoisotopic (exact) mass is 505 g/mol. The first-order chi connectivity index (χ1) is 16.0. The lowest BCUT2D eigenvalue weighted by Gasteiger charge is -2.14. The van der Waals surface area contributed by atoms with E-state index in [4.69, 9.17) is 9.72 Å². The minimum absolute atomic E-state index is 0.0574. The smallest absolute Gasteiger partial charge is 0.251 e. The molecule has 170 valence electrons. The number of para-hydroxylation sites is 3. The standard InChI is InChI=1S/C27H28BrN3O2/c1-19-7-5-8-20(2)26(19)33-18-17-31-24-10-4-3-9-23(24)30-25(31)11-6-16-29-27(32)21-12-14-22(28)15-13-21/h3-5,7-10,12-15H,6,11,16-18H2,1-2H3,(H,29,32). The van der Waals surface area contributed by atoms with E-state index in [9.17, 15) is 4.79 Å². The Morgan fingerprint density at radius 3 is 2.48 bits per heavy atom. The van der Waals surface area contributed by atoms with Gasteiger partial charge in [-0.2, -0.15) is 0 Å². The molecule has 0 aliphatic rings. The molecule has 0 bridgehead atoms. The Bertz CT molecular complexity index is 1230. The van der Waals surface area contributed by atoms with Crippen molar-refractivity contribution in [3.8, 4) is 5.75 Å². The zero-order valence-electron chi connectivity index (χ0n) is 19.0. The molecular weight excluding hydrogens is 478 g/mol. The van der Waals surface area contributed by atoms with Crippen LogP contribution in [0, 0.1) is 13.8 Å². The fourth-order valence-corrected chi connectivity index (χ4v) is 4.25. The van der Waals surface area contributed by atoms with Crippen molar-refractivity contribution in [3.63, 3.8) is 0 Å². The van der Waals surface area contributed by atoms with Gasteiger partial charge in [-0.05, 0) is 67.8 Å². The molecule has 3 aromatic carbocycles. The highest BCUT2D eigenvalue weighted by Gasteiger charge is 2.12. The van der Waals surface area contributed by atoms with Crippen LogP contribution in [0.2, 0.25) is 0 Å². The quantitative estimate of drug-likeness (QED) is 0.290. The average molecular weight is 506 g/mol. The van der Waals surface area contributed by atoms with Crippen LogP contribution in [0.5, 0.6) is 5.75 Å². The normalized spacial score (nSPS) is 11.0. The first-order valence-corrected chi connectivity index (χ1v) is 12.0. The van der Waals surface area contributed by atoms with E-state index in [1.807, 2.05) is 42.5 Å². The summed E-state index contributed by atoms with van der Waals surface area (Å²) in [6.45, 7) is 6.02. The van der Waals surface area contributed by atoms with E-state index in [1.54, 1.807) is 0 Å². The third kappa shape index (κ3) is 5.63. The molecule has 5 nitrogen and oxygen atoms in total. The maximum atomic E-state index is 12.3. The van der Waals surface area contributed by atoms with Gasteiger partial charge in [-0.3, -0.25) is 4.79 Å². The van der Waals surface area contributed by atoms with Crippen molar-refractivity contribution in [1.82, 2.24) is 14.9 Å². The van der Waals surface area contributed by atoms with Crippen LogP contribution in [0.3, 0.4) is 0 Å². The molecule has 1 aromatic heterocycles. The Labute approximate surface area is 202 Å². The first kappa shape index (κ1) is 23.1. The summed E-state index contributed by atoms with van der Waals surface area (Å²) < 4.78 is 9.34. The highest BCUT2D eigenvalue weighted by molar-refractivity contribution is 9.10. The highest BCUT2D eigenvalue weighted by atomic mass is 79.9. The van der Waals surface area contributed by atoms with Crippen molar-refractivity contribution in [2.24, 2.45) is 0 Å². The Morgan fingerprint density at radius 1 is 1.00 bits per heavy atom. The fraction of sp³-hybridized carbons (Fsp3) is 0.259. The molecule has 0 atom stereocenters. The second-order valence-electron chi connectivity index (χ2n) is 8.10. The SMILES string of the molecule is Cc1cccc(C)c1OCCn1c(CCCNC(=O)c2ccc(Br)cc2)nc2ccccc21. The van der Waals surface area contributed by atoms with Gasteiger partial charge in [0.2, 0.25) is 0 Å². The molecule has 4 aromatic rings.